The Morgan fingerprint density at radius 1 is 0.354 bits per heavy atom. The minimum atomic E-state index is -0.218. The number of hydrogen-bond donors (Lipinski definition) is 0. The zero-order valence-corrected chi connectivity index (χ0v) is 37.1. The third-order valence-corrected chi connectivity index (χ3v) is 13.3. The van der Waals surface area contributed by atoms with E-state index in [1.54, 1.807) is 0 Å². The highest BCUT2D eigenvalue weighted by Crippen LogP contribution is 2.43. The molecule has 12 rings (SSSR count). The second-order valence-corrected chi connectivity index (χ2v) is 17.2. The van der Waals surface area contributed by atoms with Gasteiger partial charge < -0.3 is 9.13 Å². The predicted molar refractivity (Wildman–Crippen MR) is 279 cm³/mol. The van der Waals surface area contributed by atoms with E-state index in [0.29, 0.717) is 0 Å². The van der Waals surface area contributed by atoms with Crippen LogP contribution in [0.3, 0.4) is 0 Å². The summed E-state index contributed by atoms with van der Waals surface area (Å²) in [5.41, 5.74) is 18.0. The molecule has 0 amide bonds. The van der Waals surface area contributed by atoms with Crippen molar-refractivity contribution in [3.05, 3.63) is 242 Å². The van der Waals surface area contributed by atoms with Crippen molar-refractivity contribution in [3.8, 4) is 50.2 Å². The maximum atomic E-state index is 2.44. The number of rotatable bonds is 7. The fraction of sp³-hybridized carbons (Fsp3) is 0.0794. The molecule has 2 nitrogen and oxygen atoms in total. The largest absolute Gasteiger partial charge is 0.310 e. The summed E-state index contributed by atoms with van der Waals surface area (Å²) in [5.74, 6) is 0. The number of allylic oxidation sites excluding steroid dienone is 4. The lowest BCUT2D eigenvalue weighted by atomic mass is 9.75. The Kier molecular flexibility index (Phi) is 10.2. The average Bonchev–Trinajstić information content (AvgIpc) is 3.91. The van der Waals surface area contributed by atoms with Crippen molar-refractivity contribution in [1.82, 2.24) is 9.13 Å². The summed E-state index contributed by atoms with van der Waals surface area (Å²) >= 11 is 0. The summed E-state index contributed by atoms with van der Waals surface area (Å²) in [5, 5.41) is 5.11. The highest BCUT2D eigenvalue weighted by molar-refractivity contribution is 6.11. The van der Waals surface area contributed by atoms with Crippen molar-refractivity contribution in [2.75, 3.05) is 0 Å². The first-order valence-electron chi connectivity index (χ1n) is 23.0. The lowest BCUT2D eigenvalue weighted by Crippen LogP contribution is -2.21. The van der Waals surface area contributed by atoms with E-state index < -0.39 is 0 Å². The van der Waals surface area contributed by atoms with Gasteiger partial charge in [0.05, 0.1) is 22.1 Å². The average molecular weight is 835 g/mol. The lowest BCUT2D eigenvalue weighted by Gasteiger charge is -2.30. The second kappa shape index (κ2) is 16.6. The molecule has 312 valence electrons. The van der Waals surface area contributed by atoms with Crippen LogP contribution in [0, 0.1) is 0 Å². The first-order valence-corrected chi connectivity index (χ1v) is 23.0. The summed E-state index contributed by atoms with van der Waals surface area (Å²) < 4.78 is 4.82. The van der Waals surface area contributed by atoms with E-state index in [0.717, 1.165) is 12.1 Å². The predicted octanol–water partition coefficient (Wildman–Crippen LogP) is 17.3. The third-order valence-electron chi connectivity index (χ3n) is 13.3. The summed E-state index contributed by atoms with van der Waals surface area (Å²) in [6.45, 7) is 6.39. The van der Waals surface area contributed by atoms with Gasteiger partial charge in [-0.25, -0.2) is 0 Å². The Hall–Kier alpha value is -7.94. The van der Waals surface area contributed by atoms with Crippen molar-refractivity contribution < 1.29 is 0 Å². The molecule has 0 saturated heterocycles. The van der Waals surface area contributed by atoms with E-state index in [1.807, 2.05) is 13.8 Å². The molecule has 65 heavy (non-hydrogen) atoms. The minimum Gasteiger partial charge on any atom is -0.310 e. The molecule has 2 heteroatoms. The van der Waals surface area contributed by atoms with Gasteiger partial charge >= 0.3 is 0 Å². The van der Waals surface area contributed by atoms with Crippen molar-refractivity contribution in [2.45, 2.75) is 32.6 Å². The molecular weight excluding hydrogens is 785 g/mol. The number of aromatic nitrogens is 2. The Morgan fingerprint density at radius 3 is 1.14 bits per heavy atom. The summed E-state index contributed by atoms with van der Waals surface area (Å²) in [6.07, 6.45) is 8.09. The van der Waals surface area contributed by atoms with Crippen LogP contribution in [-0.2, 0) is 5.41 Å². The maximum Gasteiger partial charge on any atom is 0.0541 e. The minimum absolute atomic E-state index is 0.218. The van der Waals surface area contributed by atoms with E-state index in [4.69, 9.17) is 0 Å². The molecule has 1 aliphatic carbocycles. The fourth-order valence-electron chi connectivity index (χ4n) is 9.99. The van der Waals surface area contributed by atoms with E-state index in [-0.39, 0.29) is 5.41 Å². The zero-order valence-electron chi connectivity index (χ0n) is 37.1. The van der Waals surface area contributed by atoms with Gasteiger partial charge in [-0.2, -0.15) is 0 Å². The first kappa shape index (κ1) is 39.9. The number of hydrogen-bond acceptors (Lipinski definition) is 0. The second-order valence-electron chi connectivity index (χ2n) is 17.2. The maximum absolute atomic E-state index is 2.44. The van der Waals surface area contributed by atoms with Crippen LogP contribution >= 0.6 is 0 Å². The Bertz CT molecular complexity index is 3480. The van der Waals surface area contributed by atoms with E-state index >= 15 is 0 Å². The van der Waals surface area contributed by atoms with E-state index in [2.05, 4.69) is 253 Å². The molecule has 2 heterocycles. The summed E-state index contributed by atoms with van der Waals surface area (Å²) in [7, 11) is 0. The van der Waals surface area contributed by atoms with Gasteiger partial charge in [-0.1, -0.05) is 191 Å². The van der Waals surface area contributed by atoms with Crippen LogP contribution in [0.15, 0.2) is 237 Å². The molecule has 1 atom stereocenters. The van der Waals surface area contributed by atoms with Crippen LogP contribution < -0.4 is 0 Å². The molecule has 0 bridgehead atoms. The van der Waals surface area contributed by atoms with Gasteiger partial charge in [0, 0.05) is 38.3 Å². The molecule has 11 aromatic rings. The van der Waals surface area contributed by atoms with Crippen molar-refractivity contribution >= 4 is 49.3 Å². The molecule has 0 aliphatic heterocycles. The van der Waals surface area contributed by atoms with Gasteiger partial charge in [-0.15, -0.1) is 0 Å². The van der Waals surface area contributed by atoms with Gasteiger partial charge in [0.2, 0.25) is 0 Å². The van der Waals surface area contributed by atoms with Crippen LogP contribution in [0.1, 0.15) is 32.8 Å². The van der Waals surface area contributed by atoms with Crippen molar-refractivity contribution in [1.29, 1.82) is 0 Å². The van der Waals surface area contributed by atoms with Crippen LogP contribution in [0.25, 0.3) is 99.5 Å². The Labute approximate surface area is 381 Å². The highest BCUT2D eigenvalue weighted by atomic mass is 15.0. The summed E-state index contributed by atoms with van der Waals surface area (Å²) in [6, 6.07) is 80.0. The van der Waals surface area contributed by atoms with E-state index in [9.17, 15) is 0 Å². The van der Waals surface area contributed by atoms with Crippen LogP contribution in [0.5, 0.6) is 0 Å². The molecule has 2 aromatic heterocycles. The van der Waals surface area contributed by atoms with Gasteiger partial charge in [-0.3, -0.25) is 0 Å². The van der Waals surface area contributed by atoms with E-state index in [1.165, 1.54) is 99.4 Å². The molecule has 0 N–H and O–H groups in total. The highest BCUT2D eigenvalue weighted by Gasteiger charge is 2.28. The van der Waals surface area contributed by atoms with Gasteiger partial charge in [0.15, 0.2) is 0 Å². The first-order chi connectivity index (χ1) is 32.1. The zero-order chi connectivity index (χ0) is 43.9. The van der Waals surface area contributed by atoms with Crippen LogP contribution in [0.4, 0.5) is 0 Å². The van der Waals surface area contributed by atoms with Gasteiger partial charge in [0.1, 0.15) is 0 Å². The molecule has 1 aliphatic rings. The number of para-hydroxylation sites is 4. The Morgan fingerprint density at radius 2 is 0.708 bits per heavy atom. The number of nitrogens with zero attached hydrogens (tertiary/aromatic N) is 2. The standard InChI is InChI=1S/C61H44N2.C2H6/c1-61(34-32-52(33-35-61)63-59-26-14-10-22-55(59)56-23-11-15-27-60(56)63)50-40-48(43-18-6-3-7-19-43)39-49(41-50)47-37-45(42-16-4-2-5-17-42)36-46(38-47)44-28-30-51(31-29-44)62-57-24-12-8-20-53(57)54-21-9-13-25-58(54)62;1-2/h2-34,36-41H,35H2,1H3;1-2H3. The third kappa shape index (κ3) is 7.09. The monoisotopic (exact) mass is 834 g/mol. The fourth-order valence-corrected chi connectivity index (χ4v) is 9.99. The quantitative estimate of drug-likeness (QED) is 0.151. The molecule has 0 saturated carbocycles. The molecule has 0 radical (unpaired) electrons. The lowest BCUT2D eigenvalue weighted by molar-refractivity contribution is 0.600. The SMILES string of the molecule is CC.CC1(c2cc(-c3ccccc3)cc(-c3cc(-c4ccccc4)cc(-c4ccc(-n5c6ccccc6c6ccccc65)cc4)c3)c2)C=CC(n2c3ccccc3c3ccccc32)=CC1. The molecule has 0 fully saturated rings. The van der Waals surface area contributed by atoms with Crippen molar-refractivity contribution in [2.24, 2.45) is 0 Å². The number of benzene rings is 9. The van der Waals surface area contributed by atoms with Crippen LogP contribution in [0.2, 0.25) is 0 Å². The van der Waals surface area contributed by atoms with Gasteiger partial charge in [0.25, 0.3) is 0 Å². The molecule has 0 spiro atoms. The topological polar surface area (TPSA) is 9.86 Å². The Balaban J connectivity index is 0.00000231. The van der Waals surface area contributed by atoms with Gasteiger partial charge in [-0.05, 0) is 123 Å². The van der Waals surface area contributed by atoms with Crippen LogP contribution in [-0.4, -0.2) is 9.13 Å². The number of fused-ring (bicyclic) bond motifs is 6. The molecule has 1 unspecified atom stereocenters. The molecule has 9 aromatic carbocycles. The smallest absolute Gasteiger partial charge is 0.0541 e. The van der Waals surface area contributed by atoms with Crippen molar-refractivity contribution in [3.63, 3.8) is 0 Å². The molecular formula is C63H50N2. The normalized spacial score (nSPS) is 14.7. The summed E-state index contributed by atoms with van der Waals surface area (Å²) in [4.78, 5) is 0.